The summed E-state index contributed by atoms with van der Waals surface area (Å²) in [5, 5.41) is 0. The van der Waals surface area contributed by atoms with E-state index in [-0.39, 0.29) is 42.1 Å². The van der Waals surface area contributed by atoms with Crippen LogP contribution in [0.4, 0.5) is 0 Å². The van der Waals surface area contributed by atoms with E-state index < -0.39 is 43.4 Å². The zero-order valence-corrected chi connectivity index (χ0v) is 27.4. The van der Waals surface area contributed by atoms with Crippen LogP contribution in [-0.2, 0) is 43.7 Å². The van der Waals surface area contributed by atoms with Crippen molar-refractivity contribution in [3.63, 3.8) is 0 Å². The topological polar surface area (TPSA) is 191 Å². The molecule has 12 nitrogen and oxygen atoms in total. The normalized spacial score (nSPS) is 40.5. The highest BCUT2D eigenvalue weighted by Crippen LogP contribution is 2.68. The molecule has 0 aromatic rings. The highest BCUT2D eigenvalue weighted by atomic mass is 32.3. The van der Waals surface area contributed by atoms with Gasteiger partial charge in [-0.15, -0.1) is 0 Å². The Morgan fingerprint density at radius 1 is 0.762 bits per heavy atom. The Balaban J connectivity index is 1.43. The summed E-state index contributed by atoms with van der Waals surface area (Å²) in [6.45, 7) is 8.77. The van der Waals surface area contributed by atoms with Gasteiger partial charge in [0.15, 0.2) is 0 Å². The summed E-state index contributed by atoms with van der Waals surface area (Å²) in [6.07, 6.45) is 6.92. The van der Waals surface area contributed by atoms with Gasteiger partial charge in [-0.1, -0.05) is 40.5 Å². The van der Waals surface area contributed by atoms with Crippen LogP contribution in [0.2, 0.25) is 0 Å². The van der Waals surface area contributed by atoms with E-state index in [1.807, 2.05) is 6.92 Å². The zero-order valence-electron chi connectivity index (χ0n) is 24.9. The van der Waals surface area contributed by atoms with Crippen molar-refractivity contribution < 1.29 is 51.5 Å². The van der Waals surface area contributed by atoms with Gasteiger partial charge in [0.25, 0.3) is 0 Å². The number of fused-ring (bicyclic) bond motifs is 5. The first-order valence-corrected chi connectivity index (χ1v) is 19.2. The lowest BCUT2D eigenvalue weighted by Crippen LogP contribution is -2.57. The number of rotatable bonds is 12. The average Bonchev–Trinajstić information content (AvgIpc) is 3.18. The van der Waals surface area contributed by atoms with Crippen LogP contribution < -0.4 is 0 Å². The summed E-state index contributed by atoms with van der Waals surface area (Å²) in [5.41, 5.74) is -0.151. The van der Waals surface area contributed by atoms with Crippen molar-refractivity contribution in [2.75, 3.05) is 6.61 Å². The first-order valence-electron chi connectivity index (χ1n) is 15.1. The van der Waals surface area contributed by atoms with E-state index in [0.29, 0.717) is 29.6 Å². The second-order valence-electron chi connectivity index (χ2n) is 14.2. The fraction of sp³-hybridized carbons (Fsp3) is 1.00. The Morgan fingerprint density at radius 2 is 1.38 bits per heavy atom. The van der Waals surface area contributed by atoms with E-state index in [9.17, 15) is 34.4 Å². The third-order valence-corrected chi connectivity index (χ3v) is 13.2. The summed E-state index contributed by atoms with van der Waals surface area (Å²) in [5.74, 6) is 2.42. The van der Waals surface area contributed by atoms with E-state index in [0.717, 1.165) is 57.8 Å². The summed E-state index contributed by atoms with van der Waals surface area (Å²) in [7, 11) is -14.1. The van der Waals surface area contributed by atoms with Crippen LogP contribution in [-0.4, -0.2) is 57.7 Å². The first-order chi connectivity index (χ1) is 19.2. The molecule has 15 heteroatoms. The maximum atomic E-state index is 11.7. The van der Waals surface area contributed by atoms with Crippen molar-refractivity contribution in [3.05, 3.63) is 0 Å². The molecule has 42 heavy (non-hydrogen) atoms. The lowest BCUT2D eigenvalue weighted by molar-refractivity contribution is -0.152. The lowest BCUT2D eigenvalue weighted by Gasteiger charge is -2.62. The maximum absolute atomic E-state index is 11.7. The minimum atomic E-state index is -4.87. The molecule has 4 unspecified atom stereocenters. The summed E-state index contributed by atoms with van der Waals surface area (Å²) in [6, 6.07) is 0. The van der Waals surface area contributed by atoms with Gasteiger partial charge < -0.3 is 0 Å². The van der Waals surface area contributed by atoms with Crippen LogP contribution in [0, 0.1) is 52.3 Å². The van der Waals surface area contributed by atoms with Crippen LogP contribution in [0.25, 0.3) is 0 Å². The highest BCUT2D eigenvalue weighted by Gasteiger charge is 2.62. The minimum Gasteiger partial charge on any atom is -0.264 e. The second kappa shape index (κ2) is 12.4. The van der Waals surface area contributed by atoms with Crippen molar-refractivity contribution in [1.82, 2.24) is 0 Å². The van der Waals surface area contributed by atoms with Gasteiger partial charge >= 0.3 is 31.2 Å². The number of hydrogen-bond acceptors (Lipinski definition) is 9. The van der Waals surface area contributed by atoms with Crippen LogP contribution in [0.1, 0.15) is 98.3 Å². The molecular formula is C27H48O12S3. The predicted molar refractivity (Wildman–Crippen MR) is 153 cm³/mol. The molecule has 0 aliphatic heterocycles. The molecule has 0 bridgehead atoms. The Labute approximate surface area is 251 Å². The minimum absolute atomic E-state index is 0.0176. The van der Waals surface area contributed by atoms with Crippen molar-refractivity contribution in [2.45, 2.75) is 111 Å². The monoisotopic (exact) mass is 660 g/mol. The Kier molecular flexibility index (Phi) is 10.2. The smallest absolute Gasteiger partial charge is 0.264 e. The van der Waals surface area contributed by atoms with Gasteiger partial charge in [0.2, 0.25) is 0 Å². The van der Waals surface area contributed by atoms with Gasteiger partial charge in [-0.25, -0.2) is 12.5 Å². The van der Waals surface area contributed by atoms with Gasteiger partial charge in [-0.05, 0) is 110 Å². The molecular weight excluding hydrogens is 612 g/mol. The lowest BCUT2D eigenvalue weighted by atomic mass is 9.44. The number of hydrogen-bond donors (Lipinski definition) is 3. The van der Waals surface area contributed by atoms with Gasteiger partial charge in [-0.3, -0.25) is 13.7 Å². The maximum Gasteiger partial charge on any atom is 0.397 e. The fourth-order valence-electron chi connectivity index (χ4n) is 10.00. The van der Waals surface area contributed by atoms with Gasteiger partial charge in [-0.2, -0.15) is 25.3 Å². The molecule has 4 aliphatic carbocycles. The summed E-state index contributed by atoms with van der Waals surface area (Å²) in [4.78, 5) is 0. The molecule has 0 saturated heterocycles. The van der Waals surface area contributed by atoms with E-state index in [1.54, 1.807) is 0 Å². The van der Waals surface area contributed by atoms with Gasteiger partial charge in [0, 0.05) is 0 Å². The zero-order chi connectivity index (χ0) is 31.3. The third kappa shape index (κ3) is 7.87. The van der Waals surface area contributed by atoms with Crippen molar-refractivity contribution in [1.29, 1.82) is 0 Å². The van der Waals surface area contributed by atoms with E-state index >= 15 is 0 Å². The van der Waals surface area contributed by atoms with Crippen LogP contribution in [0.15, 0.2) is 0 Å². The van der Waals surface area contributed by atoms with Gasteiger partial charge in [0.1, 0.15) is 12.2 Å². The molecule has 0 radical (unpaired) electrons. The SMILES string of the molecule is CC(CCC[C@@H](C)[C@H]1CC[C@H]2[C@@H]3CCC4CC(OS(=O)(=O)O)C(OS(=O)(=O)O)C[C@]4(C)[C@H]3CC[C@]12C)COS(=O)(=O)O. The Bertz CT molecular complexity index is 1280. The van der Waals surface area contributed by atoms with Crippen LogP contribution >= 0.6 is 0 Å². The van der Waals surface area contributed by atoms with Crippen molar-refractivity contribution in [2.24, 2.45) is 52.3 Å². The molecule has 11 atom stereocenters. The first kappa shape index (κ1) is 34.5. The summed E-state index contributed by atoms with van der Waals surface area (Å²) < 4.78 is 110. The molecule has 4 aliphatic rings. The molecule has 0 heterocycles. The largest absolute Gasteiger partial charge is 0.397 e. The second-order valence-corrected chi connectivity index (χ2v) is 17.4. The van der Waals surface area contributed by atoms with Crippen molar-refractivity contribution in [3.8, 4) is 0 Å². The standard InChI is InChI=1S/C27H48O12S3/c1-17(16-37-40(28,29)30)6-5-7-18(2)21-10-11-22-20-9-8-19-14-24(38-41(31,32)33)25(39-42(34,35)36)15-27(19,4)23(20)12-13-26(21,22)3/h17-25H,5-16H2,1-4H3,(H,28,29,30)(H,31,32,33)(H,34,35,36)/t17?,18-,19?,20+,21-,22+,23+,24?,25?,26-,27+/m1/s1. The molecule has 0 spiro atoms. The molecule has 4 fully saturated rings. The highest BCUT2D eigenvalue weighted by molar-refractivity contribution is 7.81. The van der Waals surface area contributed by atoms with E-state index in [2.05, 4.69) is 25.0 Å². The molecule has 4 rings (SSSR count). The quantitative estimate of drug-likeness (QED) is 0.241. The van der Waals surface area contributed by atoms with Crippen LogP contribution in [0.5, 0.6) is 0 Å². The molecule has 0 amide bonds. The van der Waals surface area contributed by atoms with Crippen LogP contribution in [0.3, 0.4) is 0 Å². The molecule has 246 valence electrons. The molecule has 3 N–H and O–H groups in total. The molecule has 0 aromatic carbocycles. The Morgan fingerprint density at radius 3 is 2.00 bits per heavy atom. The Hall–Kier alpha value is -0.390. The molecule has 0 aromatic heterocycles. The predicted octanol–water partition coefficient (Wildman–Crippen LogP) is 4.89. The third-order valence-electron chi connectivity index (χ3n) is 11.7. The van der Waals surface area contributed by atoms with E-state index in [4.69, 9.17) is 12.9 Å². The molecule has 4 saturated carbocycles. The average molecular weight is 661 g/mol. The van der Waals surface area contributed by atoms with Crippen molar-refractivity contribution >= 4 is 31.2 Å². The summed E-state index contributed by atoms with van der Waals surface area (Å²) >= 11 is 0. The fourth-order valence-corrected chi connectivity index (χ4v) is 11.4. The van der Waals surface area contributed by atoms with Gasteiger partial charge in [0.05, 0.1) is 6.61 Å². The van der Waals surface area contributed by atoms with E-state index in [1.165, 1.54) is 0 Å².